The maximum absolute atomic E-state index is 12.7. The standard InChI is InChI=1S/C22H27BrN2O5S/c1-22(2,3)16-4-9-20(19(23)14-16)30-15-21(26)24-17-5-7-18(8-6-17)31(27,28)25-10-12-29-13-11-25/h4-9,14H,10-13,15H2,1-3H3,(H,24,26). The number of anilines is 1. The predicted molar refractivity (Wildman–Crippen MR) is 123 cm³/mol. The number of rotatable bonds is 6. The summed E-state index contributed by atoms with van der Waals surface area (Å²) in [5.74, 6) is 0.241. The van der Waals surface area contributed by atoms with Gasteiger partial charge >= 0.3 is 0 Å². The van der Waals surface area contributed by atoms with Crippen LogP contribution in [0, 0.1) is 0 Å². The summed E-state index contributed by atoms with van der Waals surface area (Å²) in [5, 5.41) is 2.72. The van der Waals surface area contributed by atoms with E-state index in [1.807, 2.05) is 18.2 Å². The summed E-state index contributed by atoms with van der Waals surface area (Å²) in [6.07, 6.45) is 0. The first-order valence-electron chi connectivity index (χ1n) is 9.98. The van der Waals surface area contributed by atoms with Gasteiger partial charge in [-0.2, -0.15) is 4.31 Å². The monoisotopic (exact) mass is 510 g/mol. The Morgan fingerprint density at radius 2 is 1.77 bits per heavy atom. The van der Waals surface area contributed by atoms with E-state index in [1.54, 1.807) is 12.1 Å². The molecule has 0 unspecified atom stereocenters. The van der Waals surface area contributed by atoms with Crippen molar-refractivity contribution in [2.24, 2.45) is 0 Å². The van der Waals surface area contributed by atoms with E-state index in [-0.39, 0.29) is 22.8 Å². The van der Waals surface area contributed by atoms with Crippen molar-refractivity contribution in [1.29, 1.82) is 0 Å². The third kappa shape index (κ3) is 6.06. The zero-order chi connectivity index (χ0) is 22.6. The van der Waals surface area contributed by atoms with Crippen molar-refractivity contribution in [3.8, 4) is 5.75 Å². The van der Waals surface area contributed by atoms with E-state index in [2.05, 4.69) is 42.0 Å². The molecule has 2 aromatic carbocycles. The topological polar surface area (TPSA) is 84.9 Å². The second-order valence-electron chi connectivity index (χ2n) is 8.27. The van der Waals surface area contributed by atoms with E-state index in [0.29, 0.717) is 37.7 Å². The van der Waals surface area contributed by atoms with Gasteiger partial charge in [0, 0.05) is 18.8 Å². The Balaban J connectivity index is 1.57. The average molecular weight is 511 g/mol. The van der Waals surface area contributed by atoms with Crippen LogP contribution in [0.1, 0.15) is 26.3 Å². The molecular weight excluding hydrogens is 484 g/mol. The lowest BCUT2D eigenvalue weighted by atomic mass is 9.87. The Kier molecular flexibility index (Phi) is 7.41. The van der Waals surface area contributed by atoms with Gasteiger partial charge in [0.1, 0.15) is 5.75 Å². The quantitative estimate of drug-likeness (QED) is 0.638. The molecule has 1 fully saturated rings. The van der Waals surface area contributed by atoms with Crippen LogP contribution >= 0.6 is 15.9 Å². The zero-order valence-electron chi connectivity index (χ0n) is 17.9. The minimum atomic E-state index is -3.56. The van der Waals surface area contributed by atoms with Crippen LogP contribution in [0.25, 0.3) is 0 Å². The van der Waals surface area contributed by atoms with Crippen molar-refractivity contribution >= 4 is 37.5 Å². The highest BCUT2D eigenvalue weighted by Gasteiger charge is 2.26. The predicted octanol–water partition coefficient (Wildman–Crippen LogP) is 3.79. The Morgan fingerprint density at radius 3 is 2.35 bits per heavy atom. The van der Waals surface area contributed by atoms with E-state index in [1.165, 1.54) is 16.4 Å². The summed E-state index contributed by atoms with van der Waals surface area (Å²) >= 11 is 3.49. The van der Waals surface area contributed by atoms with Crippen LogP contribution in [0.4, 0.5) is 5.69 Å². The van der Waals surface area contributed by atoms with Crippen molar-refractivity contribution in [2.45, 2.75) is 31.1 Å². The molecule has 1 amide bonds. The number of benzene rings is 2. The molecule has 0 aliphatic carbocycles. The summed E-state index contributed by atoms with van der Waals surface area (Å²) in [5.41, 5.74) is 1.67. The zero-order valence-corrected chi connectivity index (χ0v) is 20.3. The van der Waals surface area contributed by atoms with Gasteiger partial charge in [-0.25, -0.2) is 8.42 Å². The minimum absolute atomic E-state index is 0.0137. The molecule has 0 spiro atoms. The molecule has 1 saturated heterocycles. The van der Waals surface area contributed by atoms with Crippen molar-refractivity contribution in [3.05, 3.63) is 52.5 Å². The Labute approximate surface area is 191 Å². The summed E-state index contributed by atoms with van der Waals surface area (Å²) in [7, 11) is -3.56. The fourth-order valence-corrected chi connectivity index (χ4v) is 4.97. The molecule has 0 atom stereocenters. The van der Waals surface area contributed by atoms with Gasteiger partial charge in [-0.05, 0) is 63.3 Å². The number of morpholine rings is 1. The lowest BCUT2D eigenvalue weighted by Crippen LogP contribution is -2.40. The average Bonchev–Trinajstić information content (AvgIpc) is 2.73. The van der Waals surface area contributed by atoms with Gasteiger partial charge < -0.3 is 14.8 Å². The van der Waals surface area contributed by atoms with Gasteiger partial charge in [0.05, 0.1) is 22.6 Å². The highest BCUT2D eigenvalue weighted by Crippen LogP contribution is 2.31. The maximum atomic E-state index is 12.7. The Morgan fingerprint density at radius 1 is 1.13 bits per heavy atom. The smallest absolute Gasteiger partial charge is 0.262 e. The normalized spacial score (nSPS) is 15.5. The van der Waals surface area contributed by atoms with Gasteiger partial charge in [0.25, 0.3) is 5.91 Å². The van der Waals surface area contributed by atoms with Gasteiger partial charge in [-0.3, -0.25) is 4.79 Å². The van der Waals surface area contributed by atoms with Crippen LogP contribution in [-0.2, 0) is 25.0 Å². The number of hydrogen-bond donors (Lipinski definition) is 1. The molecule has 0 radical (unpaired) electrons. The Hall–Kier alpha value is -1.94. The largest absolute Gasteiger partial charge is 0.483 e. The third-order valence-corrected chi connectivity index (χ3v) is 7.44. The number of carbonyl (C=O) groups excluding carboxylic acids is 1. The molecule has 7 nitrogen and oxygen atoms in total. The van der Waals surface area contributed by atoms with Crippen molar-refractivity contribution in [3.63, 3.8) is 0 Å². The SMILES string of the molecule is CC(C)(C)c1ccc(OCC(=O)Nc2ccc(S(=O)(=O)N3CCOCC3)cc2)c(Br)c1. The van der Waals surface area contributed by atoms with Crippen LogP contribution in [-0.4, -0.2) is 51.5 Å². The molecule has 1 heterocycles. The third-order valence-electron chi connectivity index (χ3n) is 4.90. The molecule has 1 aliphatic heterocycles. The number of nitrogens with zero attached hydrogens (tertiary/aromatic N) is 1. The summed E-state index contributed by atoms with van der Waals surface area (Å²) in [4.78, 5) is 12.4. The highest BCUT2D eigenvalue weighted by molar-refractivity contribution is 9.10. The molecule has 0 saturated carbocycles. The molecule has 2 aromatic rings. The number of sulfonamides is 1. The molecule has 3 rings (SSSR count). The summed E-state index contributed by atoms with van der Waals surface area (Å²) in [6.45, 7) is 7.67. The minimum Gasteiger partial charge on any atom is -0.483 e. The van der Waals surface area contributed by atoms with Crippen LogP contribution in [0.5, 0.6) is 5.75 Å². The van der Waals surface area contributed by atoms with Gasteiger partial charge in [0.15, 0.2) is 6.61 Å². The number of hydrogen-bond acceptors (Lipinski definition) is 5. The number of nitrogens with one attached hydrogen (secondary N) is 1. The molecule has 0 bridgehead atoms. The van der Waals surface area contributed by atoms with E-state index in [9.17, 15) is 13.2 Å². The van der Waals surface area contributed by atoms with E-state index in [4.69, 9.17) is 9.47 Å². The molecule has 9 heteroatoms. The second-order valence-corrected chi connectivity index (χ2v) is 11.1. The van der Waals surface area contributed by atoms with Gasteiger partial charge in [0.2, 0.25) is 10.0 Å². The Bertz CT molecular complexity index is 1030. The number of amides is 1. The number of carbonyl (C=O) groups is 1. The lowest BCUT2D eigenvalue weighted by Gasteiger charge is -2.26. The van der Waals surface area contributed by atoms with Crippen LogP contribution in [0.2, 0.25) is 0 Å². The number of halogens is 1. The highest BCUT2D eigenvalue weighted by atomic mass is 79.9. The van der Waals surface area contributed by atoms with Crippen LogP contribution in [0.15, 0.2) is 51.8 Å². The van der Waals surface area contributed by atoms with Crippen molar-refractivity contribution in [2.75, 3.05) is 38.2 Å². The molecule has 168 valence electrons. The van der Waals surface area contributed by atoms with Crippen LogP contribution in [0.3, 0.4) is 0 Å². The fourth-order valence-electron chi connectivity index (χ4n) is 3.07. The van der Waals surface area contributed by atoms with Crippen LogP contribution < -0.4 is 10.1 Å². The fraction of sp³-hybridized carbons (Fsp3) is 0.409. The number of ether oxygens (including phenoxy) is 2. The van der Waals surface area contributed by atoms with Gasteiger partial charge in [-0.1, -0.05) is 26.8 Å². The van der Waals surface area contributed by atoms with Crippen molar-refractivity contribution in [1.82, 2.24) is 4.31 Å². The lowest BCUT2D eigenvalue weighted by molar-refractivity contribution is -0.118. The maximum Gasteiger partial charge on any atom is 0.262 e. The van der Waals surface area contributed by atoms with Gasteiger partial charge in [-0.15, -0.1) is 0 Å². The van der Waals surface area contributed by atoms with E-state index >= 15 is 0 Å². The molecule has 31 heavy (non-hydrogen) atoms. The molecule has 1 N–H and O–H groups in total. The first-order chi connectivity index (χ1) is 14.6. The van der Waals surface area contributed by atoms with E-state index < -0.39 is 10.0 Å². The first kappa shape index (κ1) is 23.7. The second kappa shape index (κ2) is 9.68. The summed E-state index contributed by atoms with van der Waals surface area (Å²) < 4.78 is 38.3. The molecule has 0 aromatic heterocycles. The first-order valence-corrected chi connectivity index (χ1v) is 12.2. The molecule has 1 aliphatic rings. The van der Waals surface area contributed by atoms with Crippen molar-refractivity contribution < 1.29 is 22.7 Å². The van der Waals surface area contributed by atoms with E-state index in [0.717, 1.165) is 10.0 Å². The summed E-state index contributed by atoms with van der Waals surface area (Å²) in [6, 6.07) is 11.9. The molecular formula is C22H27BrN2O5S.